The average molecular weight is 398 g/mol. The lowest BCUT2D eigenvalue weighted by Gasteiger charge is -2.27. The SMILES string of the molecule is CCNC(=NCc1ccc(N2CCCC2)nc1)NCC(C)(C)c1cccc(F)c1. The largest absolute Gasteiger partial charge is 0.357 e. The van der Waals surface area contributed by atoms with Crippen molar-refractivity contribution in [3.05, 3.63) is 59.5 Å². The van der Waals surface area contributed by atoms with E-state index in [-0.39, 0.29) is 11.2 Å². The van der Waals surface area contributed by atoms with E-state index >= 15 is 0 Å². The fourth-order valence-corrected chi connectivity index (χ4v) is 3.47. The lowest BCUT2D eigenvalue weighted by Crippen LogP contribution is -2.43. The fraction of sp³-hybridized carbons (Fsp3) is 0.478. The third-order valence-electron chi connectivity index (χ3n) is 5.31. The second kappa shape index (κ2) is 9.72. The molecule has 0 saturated carbocycles. The standard InChI is InChI=1S/C23H32FN5/c1-4-25-22(28-17-23(2,3)19-8-7-9-20(24)14-19)27-16-18-10-11-21(26-15-18)29-12-5-6-13-29/h7-11,14-15H,4-6,12-13,16-17H2,1-3H3,(H2,25,27,28). The Kier molecular flexibility index (Phi) is 7.07. The van der Waals surface area contributed by atoms with Crippen LogP contribution in [-0.4, -0.2) is 37.1 Å². The number of aromatic nitrogens is 1. The van der Waals surface area contributed by atoms with E-state index in [2.05, 4.69) is 46.5 Å². The van der Waals surface area contributed by atoms with Crippen LogP contribution in [0, 0.1) is 5.82 Å². The number of guanidine groups is 1. The average Bonchev–Trinajstić information content (AvgIpc) is 3.25. The number of hydrogen-bond acceptors (Lipinski definition) is 3. The molecule has 3 rings (SSSR count). The van der Waals surface area contributed by atoms with Crippen LogP contribution < -0.4 is 15.5 Å². The second-order valence-electron chi connectivity index (χ2n) is 8.16. The van der Waals surface area contributed by atoms with Crippen LogP contribution in [0.1, 0.15) is 44.7 Å². The van der Waals surface area contributed by atoms with Crippen LogP contribution in [0.15, 0.2) is 47.6 Å². The van der Waals surface area contributed by atoms with Crippen LogP contribution in [0.2, 0.25) is 0 Å². The molecule has 1 aliphatic heterocycles. The number of anilines is 1. The summed E-state index contributed by atoms with van der Waals surface area (Å²) in [6.07, 6.45) is 4.41. The third kappa shape index (κ3) is 5.92. The number of hydrogen-bond donors (Lipinski definition) is 2. The summed E-state index contributed by atoms with van der Waals surface area (Å²) in [5, 5.41) is 6.67. The number of benzene rings is 1. The van der Waals surface area contributed by atoms with E-state index in [0.29, 0.717) is 13.1 Å². The van der Waals surface area contributed by atoms with Crippen LogP contribution >= 0.6 is 0 Å². The summed E-state index contributed by atoms with van der Waals surface area (Å²) in [6.45, 7) is 10.4. The maximum Gasteiger partial charge on any atom is 0.191 e. The monoisotopic (exact) mass is 397 g/mol. The highest BCUT2D eigenvalue weighted by Crippen LogP contribution is 2.23. The van der Waals surface area contributed by atoms with Gasteiger partial charge in [0.2, 0.25) is 0 Å². The highest BCUT2D eigenvalue weighted by Gasteiger charge is 2.21. The van der Waals surface area contributed by atoms with Crippen LogP contribution in [0.4, 0.5) is 10.2 Å². The van der Waals surface area contributed by atoms with E-state index in [1.54, 1.807) is 12.1 Å². The van der Waals surface area contributed by atoms with Crippen molar-refractivity contribution in [1.29, 1.82) is 0 Å². The first-order valence-corrected chi connectivity index (χ1v) is 10.5. The van der Waals surface area contributed by atoms with Crippen molar-refractivity contribution in [2.45, 2.75) is 45.6 Å². The highest BCUT2D eigenvalue weighted by molar-refractivity contribution is 5.79. The number of nitrogens with zero attached hydrogens (tertiary/aromatic N) is 3. The van der Waals surface area contributed by atoms with Gasteiger partial charge >= 0.3 is 0 Å². The molecule has 0 bridgehead atoms. The summed E-state index contributed by atoms with van der Waals surface area (Å²) in [7, 11) is 0. The van der Waals surface area contributed by atoms with Gasteiger partial charge in [-0.1, -0.05) is 32.0 Å². The zero-order valence-corrected chi connectivity index (χ0v) is 17.7. The molecule has 2 aromatic rings. The summed E-state index contributed by atoms with van der Waals surface area (Å²) < 4.78 is 13.6. The van der Waals surface area contributed by atoms with Crippen molar-refractivity contribution < 1.29 is 4.39 Å². The minimum Gasteiger partial charge on any atom is -0.357 e. The molecular formula is C23H32FN5. The molecule has 0 atom stereocenters. The van der Waals surface area contributed by atoms with Crippen LogP contribution in [0.5, 0.6) is 0 Å². The predicted molar refractivity (Wildman–Crippen MR) is 118 cm³/mol. The van der Waals surface area contributed by atoms with E-state index in [4.69, 9.17) is 4.99 Å². The minimum absolute atomic E-state index is 0.207. The highest BCUT2D eigenvalue weighted by atomic mass is 19.1. The van der Waals surface area contributed by atoms with E-state index in [0.717, 1.165) is 42.5 Å². The van der Waals surface area contributed by atoms with Gasteiger partial charge in [-0.15, -0.1) is 0 Å². The van der Waals surface area contributed by atoms with E-state index in [1.165, 1.54) is 18.9 Å². The number of rotatable bonds is 7. The first-order valence-electron chi connectivity index (χ1n) is 10.5. The van der Waals surface area contributed by atoms with Gasteiger partial charge < -0.3 is 15.5 Å². The van der Waals surface area contributed by atoms with Crippen molar-refractivity contribution in [1.82, 2.24) is 15.6 Å². The molecule has 0 aliphatic carbocycles. The van der Waals surface area contributed by atoms with E-state index < -0.39 is 0 Å². The van der Waals surface area contributed by atoms with Crippen LogP contribution in [0.25, 0.3) is 0 Å². The lowest BCUT2D eigenvalue weighted by atomic mass is 9.84. The Morgan fingerprint density at radius 2 is 1.97 bits per heavy atom. The van der Waals surface area contributed by atoms with E-state index in [1.807, 2.05) is 19.2 Å². The molecular weight excluding hydrogens is 365 g/mol. The Hall–Kier alpha value is -2.63. The van der Waals surface area contributed by atoms with Crippen molar-refractivity contribution in [2.24, 2.45) is 4.99 Å². The van der Waals surface area contributed by atoms with Gasteiger partial charge in [-0.05, 0) is 49.1 Å². The smallest absolute Gasteiger partial charge is 0.191 e. The van der Waals surface area contributed by atoms with Crippen LogP contribution in [0.3, 0.4) is 0 Å². The molecule has 0 amide bonds. The Balaban J connectivity index is 1.60. The molecule has 29 heavy (non-hydrogen) atoms. The summed E-state index contributed by atoms with van der Waals surface area (Å²) in [4.78, 5) is 11.6. The van der Waals surface area contributed by atoms with Gasteiger partial charge in [0.15, 0.2) is 5.96 Å². The molecule has 1 fully saturated rings. The van der Waals surface area contributed by atoms with E-state index in [9.17, 15) is 4.39 Å². The number of aliphatic imine (C=N–C) groups is 1. The van der Waals surface area contributed by atoms with Crippen molar-refractivity contribution in [3.63, 3.8) is 0 Å². The summed E-state index contributed by atoms with van der Waals surface area (Å²) in [5.74, 6) is 1.60. The molecule has 2 heterocycles. The molecule has 0 radical (unpaired) electrons. The van der Waals surface area contributed by atoms with Gasteiger partial charge in [0.05, 0.1) is 6.54 Å². The molecule has 0 unspecified atom stereocenters. The van der Waals surface area contributed by atoms with Crippen molar-refractivity contribution in [2.75, 3.05) is 31.1 Å². The van der Waals surface area contributed by atoms with Gasteiger partial charge in [0.25, 0.3) is 0 Å². The molecule has 0 spiro atoms. The van der Waals surface area contributed by atoms with Crippen molar-refractivity contribution in [3.8, 4) is 0 Å². The predicted octanol–water partition coefficient (Wildman–Crippen LogP) is 3.85. The number of nitrogens with one attached hydrogen (secondary N) is 2. The van der Waals surface area contributed by atoms with Crippen molar-refractivity contribution >= 4 is 11.8 Å². The summed E-state index contributed by atoms with van der Waals surface area (Å²) >= 11 is 0. The quantitative estimate of drug-likeness (QED) is 0.550. The lowest BCUT2D eigenvalue weighted by molar-refractivity contribution is 0.503. The van der Waals surface area contributed by atoms with Crippen LogP contribution in [-0.2, 0) is 12.0 Å². The second-order valence-corrected chi connectivity index (χ2v) is 8.16. The van der Waals surface area contributed by atoms with Gasteiger partial charge in [0.1, 0.15) is 11.6 Å². The Morgan fingerprint density at radius 3 is 2.62 bits per heavy atom. The Morgan fingerprint density at radius 1 is 1.17 bits per heavy atom. The maximum atomic E-state index is 13.6. The molecule has 1 aromatic carbocycles. The van der Waals surface area contributed by atoms with Gasteiger partial charge in [-0.2, -0.15) is 0 Å². The maximum absolute atomic E-state index is 13.6. The van der Waals surface area contributed by atoms with Gasteiger partial charge in [-0.3, -0.25) is 0 Å². The Labute approximate surface area is 173 Å². The van der Waals surface area contributed by atoms with Gasteiger partial charge in [0, 0.05) is 37.8 Å². The summed E-state index contributed by atoms with van der Waals surface area (Å²) in [6, 6.07) is 11.0. The molecule has 1 aliphatic rings. The minimum atomic E-state index is -0.225. The fourth-order valence-electron chi connectivity index (χ4n) is 3.47. The molecule has 1 saturated heterocycles. The summed E-state index contributed by atoms with van der Waals surface area (Å²) in [5.41, 5.74) is 1.81. The number of pyridine rings is 1. The number of halogens is 1. The molecule has 1 aromatic heterocycles. The molecule has 6 heteroatoms. The third-order valence-corrected chi connectivity index (χ3v) is 5.31. The zero-order valence-electron chi connectivity index (χ0n) is 17.7. The Bertz CT molecular complexity index is 810. The normalized spacial score (nSPS) is 14.9. The topological polar surface area (TPSA) is 52.6 Å². The van der Waals surface area contributed by atoms with Gasteiger partial charge in [-0.25, -0.2) is 14.4 Å². The first-order chi connectivity index (χ1) is 14.0. The molecule has 2 N–H and O–H groups in total. The first kappa shape index (κ1) is 21.1. The molecule has 156 valence electrons. The molecule has 5 nitrogen and oxygen atoms in total. The zero-order chi connectivity index (χ0) is 20.7.